The Balaban J connectivity index is 0. The molecule has 0 aliphatic carbocycles. The van der Waals surface area contributed by atoms with Gasteiger partial charge in [0.15, 0.2) is 0 Å². The van der Waals surface area contributed by atoms with Gasteiger partial charge in [0.25, 0.3) is 0 Å². The summed E-state index contributed by atoms with van der Waals surface area (Å²) in [5, 5.41) is 3.14. The molecule has 1 aliphatic rings. The summed E-state index contributed by atoms with van der Waals surface area (Å²) in [5.74, 6) is 0. The number of nitrogens with one attached hydrogen (secondary N) is 1. The Morgan fingerprint density at radius 1 is 1.25 bits per heavy atom. The molecule has 0 radical (unpaired) electrons. The van der Waals surface area contributed by atoms with Crippen molar-refractivity contribution in [2.45, 2.75) is 41.0 Å². The largest absolute Gasteiger partial charge is 0.387 e. The van der Waals surface area contributed by atoms with Crippen molar-refractivity contribution >= 4 is 0 Å². The summed E-state index contributed by atoms with van der Waals surface area (Å²) in [6.45, 7) is 11.1. The van der Waals surface area contributed by atoms with E-state index in [1.807, 2.05) is 27.7 Å². The lowest BCUT2D eigenvalue weighted by Crippen LogP contribution is -2.08. The third-order valence-electron chi connectivity index (χ3n) is 1.26. The van der Waals surface area contributed by atoms with Gasteiger partial charge < -0.3 is 5.32 Å². The zero-order chi connectivity index (χ0) is 9.82. The van der Waals surface area contributed by atoms with E-state index in [1.165, 1.54) is 5.57 Å². The minimum absolute atomic E-state index is 0.990. The van der Waals surface area contributed by atoms with Crippen LogP contribution in [0, 0.1) is 0 Å². The molecule has 0 aromatic rings. The predicted molar refractivity (Wildman–Crippen MR) is 58.2 cm³/mol. The minimum Gasteiger partial charge on any atom is -0.387 e. The summed E-state index contributed by atoms with van der Waals surface area (Å²) in [6, 6.07) is 0. The van der Waals surface area contributed by atoms with E-state index in [0.717, 1.165) is 13.0 Å². The summed E-state index contributed by atoms with van der Waals surface area (Å²) in [7, 11) is 0. The van der Waals surface area contributed by atoms with Crippen molar-refractivity contribution < 1.29 is 0 Å². The average molecular weight is 169 g/mol. The van der Waals surface area contributed by atoms with Gasteiger partial charge in [-0.3, -0.25) is 0 Å². The van der Waals surface area contributed by atoms with Crippen molar-refractivity contribution in [3.63, 3.8) is 0 Å². The van der Waals surface area contributed by atoms with Crippen LogP contribution in [0.25, 0.3) is 0 Å². The predicted octanol–water partition coefficient (Wildman–Crippen LogP) is 3.49. The lowest BCUT2D eigenvalue weighted by atomic mass is 10.2. The van der Waals surface area contributed by atoms with Crippen molar-refractivity contribution in [2.24, 2.45) is 0 Å². The standard InChI is InChI=1S/C7H11N.2C2H6/c1-2-7-4-3-5-8-6-7;2*1-2/h3-4,6,8H,2,5H2,1H3;2*1-2H3. The number of hydrogen-bond acceptors (Lipinski definition) is 1. The molecule has 0 aromatic carbocycles. The molecule has 0 spiro atoms. The summed E-state index contributed by atoms with van der Waals surface area (Å²) in [5.41, 5.74) is 1.39. The molecule has 1 rings (SSSR count). The minimum atomic E-state index is 0.990. The van der Waals surface area contributed by atoms with Gasteiger partial charge in [-0.2, -0.15) is 0 Å². The summed E-state index contributed by atoms with van der Waals surface area (Å²) >= 11 is 0. The lowest BCUT2D eigenvalue weighted by Gasteiger charge is -2.04. The van der Waals surface area contributed by atoms with Gasteiger partial charge in [-0.1, -0.05) is 46.8 Å². The molecule has 1 N–H and O–H groups in total. The van der Waals surface area contributed by atoms with Gasteiger partial charge in [-0.25, -0.2) is 0 Å². The smallest absolute Gasteiger partial charge is 0.0328 e. The Labute approximate surface area is 77.6 Å². The summed E-state index contributed by atoms with van der Waals surface area (Å²) in [6.07, 6.45) is 7.50. The van der Waals surface area contributed by atoms with Crippen molar-refractivity contribution in [1.29, 1.82) is 0 Å². The first kappa shape index (κ1) is 13.8. The number of rotatable bonds is 1. The van der Waals surface area contributed by atoms with Crippen LogP contribution in [0.5, 0.6) is 0 Å². The van der Waals surface area contributed by atoms with Gasteiger partial charge in [-0.15, -0.1) is 0 Å². The van der Waals surface area contributed by atoms with E-state index in [1.54, 1.807) is 0 Å². The molecule has 0 saturated heterocycles. The molecule has 0 amide bonds. The van der Waals surface area contributed by atoms with E-state index < -0.39 is 0 Å². The molecule has 0 atom stereocenters. The number of hydrogen-bond donors (Lipinski definition) is 1. The molecule has 1 heterocycles. The first-order valence-corrected chi connectivity index (χ1v) is 5.02. The molecular formula is C11H23N. The van der Waals surface area contributed by atoms with Crippen molar-refractivity contribution in [3.05, 3.63) is 23.9 Å². The van der Waals surface area contributed by atoms with Gasteiger partial charge in [0.1, 0.15) is 0 Å². The van der Waals surface area contributed by atoms with E-state index in [9.17, 15) is 0 Å². The van der Waals surface area contributed by atoms with Gasteiger partial charge in [0.2, 0.25) is 0 Å². The zero-order valence-corrected chi connectivity index (χ0v) is 9.15. The SMILES string of the molecule is CC.CC.CCC1=CNCC=C1. The van der Waals surface area contributed by atoms with Gasteiger partial charge in [0.05, 0.1) is 0 Å². The molecule has 1 aliphatic heterocycles. The summed E-state index contributed by atoms with van der Waals surface area (Å²) in [4.78, 5) is 0. The van der Waals surface area contributed by atoms with Crippen LogP contribution in [-0.2, 0) is 0 Å². The molecule has 0 unspecified atom stereocenters. The molecule has 0 aromatic heterocycles. The van der Waals surface area contributed by atoms with Crippen LogP contribution >= 0.6 is 0 Å². The normalized spacial score (nSPS) is 12.6. The Morgan fingerprint density at radius 3 is 2.08 bits per heavy atom. The summed E-state index contributed by atoms with van der Waals surface area (Å²) < 4.78 is 0. The van der Waals surface area contributed by atoms with Crippen LogP contribution in [0.15, 0.2) is 23.9 Å². The fourth-order valence-corrected chi connectivity index (χ4v) is 0.736. The molecule has 0 saturated carbocycles. The topological polar surface area (TPSA) is 12.0 Å². The highest BCUT2D eigenvalue weighted by molar-refractivity contribution is 5.20. The molecule has 1 heteroatoms. The average Bonchev–Trinajstić information content (AvgIpc) is 2.25. The van der Waals surface area contributed by atoms with Crippen LogP contribution < -0.4 is 5.32 Å². The molecule has 12 heavy (non-hydrogen) atoms. The van der Waals surface area contributed by atoms with Crippen LogP contribution in [0.3, 0.4) is 0 Å². The molecular weight excluding hydrogens is 146 g/mol. The quantitative estimate of drug-likeness (QED) is 0.633. The molecule has 1 nitrogen and oxygen atoms in total. The Bertz CT molecular complexity index is 123. The van der Waals surface area contributed by atoms with Crippen molar-refractivity contribution in [2.75, 3.05) is 6.54 Å². The van der Waals surface area contributed by atoms with Gasteiger partial charge in [0, 0.05) is 6.54 Å². The Morgan fingerprint density at radius 2 is 1.83 bits per heavy atom. The second kappa shape index (κ2) is 12.9. The van der Waals surface area contributed by atoms with E-state index in [4.69, 9.17) is 0 Å². The first-order chi connectivity index (χ1) is 5.93. The highest BCUT2D eigenvalue weighted by atomic mass is 14.8. The third-order valence-corrected chi connectivity index (χ3v) is 1.26. The first-order valence-electron chi connectivity index (χ1n) is 5.02. The van der Waals surface area contributed by atoms with Crippen LogP contribution in [-0.4, -0.2) is 6.54 Å². The highest BCUT2D eigenvalue weighted by Gasteiger charge is 1.89. The van der Waals surface area contributed by atoms with Crippen molar-refractivity contribution in [3.8, 4) is 0 Å². The fourth-order valence-electron chi connectivity index (χ4n) is 0.736. The van der Waals surface area contributed by atoms with E-state index in [-0.39, 0.29) is 0 Å². The van der Waals surface area contributed by atoms with Gasteiger partial charge >= 0.3 is 0 Å². The maximum Gasteiger partial charge on any atom is 0.0328 e. The van der Waals surface area contributed by atoms with E-state index >= 15 is 0 Å². The second-order valence-corrected chi connectivity index (χ2v) is 1.88. The van der Waals surface area contributed by atoms with Gasteiger partial charge in [-0.05, 0) is 18.2 Å². The Kier molecular flexibility index (Phi) is 14.9. The number of dihydropyridines is 1. The van der Waals surface area contributed by atoms with Crippen LogP contribution in [0.1, 0.15) is 41.0 Å². The molecule has 0 fully saturated rings. The molecule has 0 bridgehead atoms. The van der Waals surface area contributed by atoms with Crippen LogP contribution in [0.4, 0.5) is 0 Å². The highest BCUT2D eigenvalue weighted by Crippen LogP contribution is 2.02. The van der Waals surface area contributed by atoms with Crippen molar-refractivity contribution in [1.82, 2.24) is 5.32 Å². The van der Waals surface area contributed by atoms with Crippen LogP contribution in [0.2, 0.25) is 0 Å². The third kappa shape index (κ3) is 7.39. The molecule has 72 valence electrons. The second-order valence-electron chi connectivity index (χ2n) is 1.88. The maximum absolute atomic E-state index is 3.14. The van der Waals surface area contributed by atoms with E-state index in [0.29, 0.717) is 0 Å². The monoisotopic (exact) mass is 169 g/mol. The fraction of sp³-hybridized carbons (Fsp3) is 0.636. The lowest BCUT2D eigenvalue weighted by molar-refractivity contribution is 0.932. The maximum atomic E-state index is 3.14. The Hall–Kier alpha value is -0.720. The number of allylic oxidation sites excluding steroid dienone is 2. The zero-order valence-electron chi connectivity index (χ0n) is 9.15. The van der Waals surface area contributed by atoms with E-state index in [2.05, 4.69) is 30.6 Å².